The minimum atomic E-state index is 0.238. The molecule has 0 saturated carbocycles. The molecule has 0 atom stereocenters. The van der Waals surface area contributed by atoms with Crippen LogP contribution in [0.25, 0.3) is 10.9 Å². The molecule has 0 spiro atoms. The summed E-state index contributed by atoms with van der Waals surface area (Å²) in [6, 6.07) is 18.9. The van der Waals surface area contributed by atoms with Crippen molar-refractivity contribution < 1.29 is 4.79 Å². The fraction of sp³-hybridized carbons (Fsp3) is 0.318. The van der Waals surface area contributed by atoms with Gasteiger partial charge in [-0.1, -0.05) is 36.4 Å². The van der Waals surface area contributed by atoms with Gasteiger partial charge in [0.25, 0.3) is 0 Å². The van der Waals surface area contributed by atoms with Gasteiger partial charge in [0.05, 0.1) is 6.42 Å². The van der Waals surface area contributed by atoms with Gasteiger partial charge in [-0.15, -0.1) is 0 Å². The molecule has 4 nitrogen and oxygen atoms in total. The van der Waals surface area contributed by atoms with Crippen LogP contribution in [-0.4, -0.2) is 46.5 Å². The van der Waals surface area contributed by atoms with E-state index in [1.165, 1.54) is 16.5 Å². The van der Waals surface area contributed by atoms with E-state index in [1.54, 1.807) is 0 Å². The van der Waals surface area contributed by atoms with Crippen LogP contribution in [-0.2, 0) is 24.8 Å². The van der Waals surface area contributed by atoms with Gasteiger partial charge in [0.1, 0.15) is 0 Å². The Balaban J connectivity index is 1.32. The Hall–Kier alpha value is -2.59. The van der Waals surface area contributed by atoms with Gasteiger partial charge < -0.3 is 9.47 Å². The minimum Gasteiger partial charge on any atom is -0.351 e. The summed E-state index contributed by atoms with van der Waals surface area (Å²) in [7, 11) is 2.08. The fourth-order valence-electron chi connectivity index (χ4n) is 3.73. The molecule has 1 amide bonds. The zero-order valence-corrected chi connectivity index (χ0v) is 15.3. The van der Waals surface area contributed by atoms with Crippen molar-refractivity contribution in [3.8, 4) is 0 Å². The maximum Gasteiger partial charge on any atom is 0.227 e. The molecule has 2 heterocycles. The lowest BCUT2D eigenvalue weighted by molar-refractivity contribution is -0.132. The van der Waals surface area contributed by atoms with E-state index in [-0.39, 0.29) is 5.91 Å². The summed E-state index contributed by atoms with van der Waals surface area (Å²) in [6.07, 6.45) is 2.61. The SMILES string of the molecule is Cn1ccc2cc(CN3CCN(C(=O)Cc4ccccc4)CC3)ccc21. The highest BCUT2D eigenvalue weighted by Gasteiger charge is 2.21. The number of carbonyl (C=O) groups is 1. The van der Waals surface area contributed by atoms with Crippen molar-refractivity contribution in [1.82, 2.24) is 14.4 Å². The molecular weight excluding hydrogens is 322 g/mol. The second-order valence-electron chi connectivity index (χ2n) is 7.14. The van der Waals surface area contributed by atoms with Gasteiger partial charge in [0.15, 0.2) is 0 Å². The van der Waals surface area contributed by atoms with Gasteiger partial charge in [-0.3, -0.25) is 9.69 Å². The molecule has 26 heavy (non-hydrogen) atoms. The number of benzene rings is 2. The molecule has 2 aromatic carbocycles. The number of amides is 1. The van der Waals surface area contributed by atoms with Crippen LogP contribution in [0.4, 0.5) is 0 Å². The second kappa shape index (κ2) is 7.34. The van der Waals surface area contributed by atoms with Gasteiger partial charge in [-0.25, -0.2) is 0 Å². The van der Waals surface area contributed by atoms with Gasteiger partial charge >= 0.3 is 0 Å². The molecule has 0 bridgehead atoms. The van der Waals surface area contributed by atoms with E-state index in [0.717, 1.165) is 38.3 Å². The van der Waals surface area contributed by atoms with Gasteiger partial charge in [-0.2, -0.15) is 0 Å². The summed E-state index contributed by atoms with van der Waals surface area (Å²) >= 11 is 0. The van der Waals surface area contributed by atoms with Crippen LogP contribution in [0.5, 0.6) is 0 Å². The maximum atomic E-state index is 12.5. The van der Waals surface area contributed by atoms with Crippen LogP contribution in [0, 0.1) is 0 Å². The molecule has 0 N–H and O–H groups in total. The summed E-state index contributed by atoms with van der Waals surface area (Å²) in [4.78, 5) is 16.9. The molecule has 1 aliphatic heterocycles. The van der Waals surface area contributed by atoms with E-state index in [4.69, 9.17) is 0 Å². The molecule has 0 aliphatic carbocycles. The molecule has 1 saturated heterocycles. The molecule has 4 heteroatoms. The normalized spacial score (nSPS) is 15.5. The number of carbonyl (C=O) groups excluding carboxylic acids is 1. The highest BCUT2D eigenvalue weighted by Crippen LogP contribution is 2.18. The molecule has 0 unspecified atom stereocenters. The van der Waals surface area contributed by atoms with Crippen molar-refractivity contribution in [3.63, 3.8) is 0 Å². The monoisotopic (exact) mass is 347 g/mol. The molecule has 0 radical (unpaired) electrons. The Bertz CT molecular complexity index is 892. The first kappa shape index (κ1) is 16.9. The first-order valence-corrected chi connectivity index (χ1v) is 9.27. The molecule has 134 valence electrons. The summed E-state index contributed by atoms with van der Waals surface area (Å²) in [5.41, 5.74) is 3.70. The summed E-state index contributed by atoms with van der Waals surface area (Å²) < 4.78 is 2.15. The second-order valence-corrected chi connectivity index (χ2v) is 7.14. The van der Waals surface area contributed by atoms with Crippen molar-refractivity contribution in [2.45, 2.75) is 13.0 Å². The lowest BCUT2D eigenvalue weighted by Gasteiger charge is -2.35. The van der Waals surface area contributed by atoms with Crippen LogP contribution in [0.3, 0.4) is 0 Å². The first-order chi connectivity index (χ1) is 12.7. The number of piperazine rings is 1. The number of hydrogen-bond donors (Lipinski definition) is 0. The number of aryl methyl sites for hydroxylation is 1. The Kier molecular flexibility index (Phi) is 4.76. The predicted molar refractivity (Wildman–Crippen MR) is 105 cm³/mol. The lowest BCUT2D eigenvalue weighted by Crippen LogP contribution is -2.48. The molecule has 3 aromatic rings. The Morgan fingerprint density at radius 1 is 0.923 bits per heavy atom. The quantitative estimate of drug-likeness (QED) is 0.726. The largest absolute Gasteiger partial charge is 0.351 e. The molecule has 1 aliphatic rings. The number of nitrogens with zero attached hydrogens (tertiary/aromatic N) is 3. The fourth-order valence-corrected chi connectivity index (χ4v) is 3.73. The molecule has 4 rings (SSSR count). The van der Waals surface area contributed by atoms with Crippen molar-refractivity contribution >= 4 is 16.8 Å². The van der Waals surface area contributed by atoms with Crippen molar-refractivity contribution in [3.05, 3.63) is 71.9 Å². The van der Waals surface area contributed by atoms with E-state index >= 15 is 0 Å². The van der Waals surface area contributed by atoms with Crippen LogP contribution < -0.4 is 0 Å². The molecule has 1 aromatic heterocycles. The Morgan fingerprint density at radius 3 is 2.46 bits per heavy atom. The van der Waals surface area contributed by atoms with Gasteiger partial charge in [0, 0.05) is 51.5 Å². The van der Waals surface area contributed by atoms with Gasteiger partial charge in [-0.05, 0) is 34.7 Å². The Labute approximate surface area is 154 Å². The lowest BCUT2D eigenvalue weighted by atomic mass is 10.1. The number of hydrogen-bond acceptors (Lipinski definition) is 2. The van der Waals surface area contributed by atoms with Crippen molar-refractivity contribution in [2.24, 2.45) is 7.05 Å². The third-order valence-electron chi connectivity index (χ3n) is 5.28. The molecule has 1 fully saturated rings. The van der Waals surface area contributed by atoms with Crippen LogP contribution in [0.1, 0.15) is 11.1 Å². The third kappa shape index (κ3) is 3.65. The minimum absolute atomic E-state index is 0.238. The Morgan fingerprint density at radius 2 is 1.69 bits per heavy atom. The van der Waals surface area contributed by atoms with E-state index < -0.39 is 0 Å². The van der Waals surface area contributed by atoms with Crippen LogP contribution in [0.15, 0.2) is 60.8 Å². The van der Waals surface area contributed by atoms with Crippen LogP contribution >= 0.6 is 0 Å². The first-order valence-electron chi connectivity index (χ1n) is 9.27. The van der Waals surface area contributed by atoms with Crippen LogP contribution in [0.2, 0.25) is 0 Å². The average molecular weight is 347 g/mol. The highest BCUT2D eigenvalue weighted by molar-refractivity contribution is 5.81. The summed E-state index contributed by atoms with van der Waals surface area (Å²) in [5.74, 6) is 0.238. The van der Waals surface area contributed by atoms with E-state index in [1.807, 2.05) is 35.2 Å². The molecular formula is C22H25N3O. The summed E-state index contributed by atoms with van der Waals surface area (Å²) in [5, 5.41) is 1.29. The zero-order valence-electron chi connectivity index (χ0n) is 15.3. The number of rotatable bonds is 4. The topological polar surface area (TPSA) is 28.5 Å². The van der Waals surface area contributed by atoms with Crippen molar-refractivity contribution in [1.29, 1.82) is 0 Å². The van der Waals surface area contributed by atoms with E-state index in [9.17, 15) is 4.79 Å². The number of fused-ring (bicyclic) bond motifs is 1. The highest BCUT2D eigenvalue weighted by atomic mass is 16.2. The van der Waals surface area contributed by atoms with Crippen molar-refractivity contribution in [2.75, 3.05) is 26.2 Å². The maximum absolute atomic E-state index is 12.5. The smallest absolute Gasteiger partial charge is 0.227 e. The zero-order chi connectivity index (χ0) is 17.9. The third-order valence-corrected chi connectivity index (χ3v) is 5.28. The average Bonchev–Trinajstić information content (AvgIpc) is 3.03. The predicted octanol–water partition coefficient (Wildman–Crippen LogP) is 3.07. The standard InChI is InChI=1S/C22H25N3O/c1-23-10-9-20-15-19(7-8-21(20)23)17-24-11-13-25(14-12-24)22(26)16-18-5-3-2-4-6-18/h2-10,15H,11-14,16-17H2,1H3. The van der Waals surface area contributed by atoms with Gasteiger partial charge in [0.2, 0.25) is 5.91 Å². The van der Waals surface area contributed by atoms with E-state index in [0.29, 0.717) is 6.42 Å². The number of aromatic nitrogens is 1. The summed E-state index contributed by atoms with van der Waals surface area (Å²) in [6.45, 7) is 4.46. The van der Waals surface area contributed by atoms with E-state index in [2.05, 4.69) is 47.0 Å².